The van der Waals surface area contributed by atoms with Crippen LogP contribution in [0.25, 0.3) is 0 Å². The van der Waals surface area contributed by atoms with Gasteiger partial charge in [0.2, 0.25) is 0 Å². The summed E-state index contributed by atoms with van der Waals surface area (Å²) >= 11 is 0. The SMILES string of the molecule is Cc1cc(CCCC/C=C\C#N)cc(C)c1O[Si](C)(C)C(C)(C)C. The van der Waals surface area contributed by atoms with E-state index in [9.17, 15) is 0 Å². The lowest BCUT2D eigenvalue weighted by molar-refractivity contribution is 0.486. The maximum absolute atomic E-state index is 8.47. The lowest BCUT2D eigenvalue weighted by atomic mass is 10.0. The summed E-state index contributed by atoms with van der Waals surface area (Å²) in [6, 6.07) is 6.59. The van der Waals surface area contributed by atoms with Gasteiger partial charge in [0, 0.05) is 6.08 Å². The molecule has 0 saturated heterocycles. The fourth-order valence-corrected chi connectivity index (χ4v) is 3.62. The fraction of sp³-hybridized carbons (Fsp3) is 0.571. The highest BCUT2D eigenvalue weighted by Crippen LogP contribution is 2.39. The van der Waals surface area contributed by atoms with Crippen molar-refractivity contribution < 1.29 is 4.43 Å². The van der Waals surface area contributed by atoms with Crippen LogP contribution in [0.3, 0.4) is 0 Å². The molecule has 0 fully saturated rings. The Morgan fingerprint density at radius 2 is 1.71 bits per heavy atom. The molecule has 1 aromatic rings. The number of hydrogen-bond acceptors (Lipinski definition) is 2. The van der Waals surface area contributed by atoms with Gasteiger partial charge in [-0.2, -0.15) is 5.26 Å². The van der Waals surface area contributed by atoms with Crippen molar-refractivity contribution in [3.8, 4) is 11.8 Å². The summed E-state index contributed by atoms with van der Waals surface area (Å²) in [6.45, 7) is 15.8. The first-order valence-electron chi connectivity index (χ1n) is 8.92. The molecule has 1 aromatic carbocycles. The lowest BCUT2D eigenvalue weighted by Crippen LogP contribution is -2.44. The molecule has 0 aliphatic heterocycles. The third-order valence-corrected chi connectivity index (χ3v) is 9.29. The quantitative estimate of drug-likeness (QED) is 0.322. The molecule has 132 valence electrons. The maximum Gasteiger partial charge on any atom is 0.250 e. The second kappa shape index (κ2) is 8.53. The summed E-state index contributed by atoms with van der Waals surface area (Å²) in [5.74, 6) is 1.09. The minimum Gasteiger partial charge on any atom is -0.543 e. The molecule has 1 rings (SSSR count). The number of hydrogen-bond donors (Lipinski definition) is 0. The molecule has 2 nitrogen and oxygen atoms in total. The molecule has 24 heavy (non-hydrogen) atoms. The largest absolute Gasteiger partial charge is 0.543 e. The van der Waals surface area contributed by atoms with Crippen molar-refractivity contribution in [3.63, 3.8) is 0 Å². The van der Waals surface area contributed by atoms with Gasteiger partial charge in [-0.1, -0.05) is 39.0 Å². The predicted molar refractivity (Wildman–Crippen MR) is 106 cm³/mol. The van der Waals surface area contributed by atoms with Crippen LogP contribution in [-0.4, -0.2) is 8.32 Å². The molecule has 0 N–H and O–H groups in total. The summed E-state index contributed by atoms with van der Waals surface area (Å²) in [6.07, 6.45) is 7.87. The number of aryl methyl sites for hydroxylation is 3. The summed E-state index contributed by atoms with van der Waals surface area (Å²) in [5, 5.41) is 8.68. The number of unbranched alkanes of at least 4 members (excludes halogenated alkanes) is 2. The van der Waals surface area contributed by atoms with Gasteiger partial charge in [-0.25, -0.2) is 0 Å². The molecule has 0 aliphatic rings. The average Bonchev–Trinajstić information content (AvgIpc) is 2.45. The number of benzene rings is 1. The molecule has 0 radical (unpaired) electrons. The predicted octanol–water partition coefficient (Wildman–Crippen LogP) is 6.48. The molecule has 0 aromatic heterocycles. The van der Waals surface area contributed by atoms with Crippen molar-refractivity contribution in [2.24, 2.45) is 0 Å². The van der Waals surface area contributed by atoms with Gasteiger partial charge in [-0.3, -0.25) is 0 Å². The van der Waals surface area contributed by atoms with Crippen molar-refractivity contribution >= 4 is 8.32 Å². The Morgan fingerprint density at radius 1 is 1.12 bits per heavy atom. The van der Waals surface area contributed by atoms with E-state index in [2.05, 4.69) is 59.8 Å². The minimum absolute atomic E-state index is 0.210. The van der Waals surface area contributed by atoms with Crippen molar-refractivity contribution in [1.29, 1.82) is 5.26 Å². The normalized spacial score (nSPS) is 12.4. The van der Waals surface area contributed by atoms with Crippen molar-refractivity contribution in [3.05, 3.63) is 41.0 Å². The third kappa shape index (κ3) is 5.83. The van der Waals surface area contributed by atoms with E-state index in [1.54, 1.807) is 6.08 Å². The second-order valence-corrected chi connectivity index (χ2v) is 12.9. The zero-order valence-corrected chi connectivity index (χ0v) is 17.5. The van der Waals surface area contributed by atoms with Crippen molar-refractivity contribution in [2.45, 2.75) is 78.4 Å². The summed E-state index contributed by atoms with van der Waals surface area (Å²) in [5.41, 5.74) is 3.88. The van der Waals surface area contributed by atoms with E-state index in [-0.39, 0.29) is 5.04 Å². The highest BCUT2D eigenvalue weighted by molar-refractivity contribution is 6.74. The van der Waals surface area contributed by atoms with Crippen LogP contribution in [-0.2, 0) is 6.42 Å². The first-order chi connectivity index (χ1) is 11.1. The van der Waals surface area contributed by atoms with Gasteiger partial charge in [0.05, 0.1) is 6.07 Å². The standard InChI is InChI=1S/C21H33NOSi/c1-17-15-19(13-11-9-8-10-12-14-22)16-18(2)20(17)23-24(6,7)21(3,4)5/h10,12,15-16H,8-9,11,13H2,1-7H3/b12-10-. The van der Waals surface area contributed by atoms with E-state index in [1.807, 2.05) is 12.1 Å². The Kier molecular flexibility index (Phi) is 7.29. The molecule has 0 heterocycles. The summed E-state index contributed by atoms with van der Waals surface area (Å²) in [4.78, 5) is 0. The first kappa shape index (κ1) is 20.5. The van der Waals surface area contributed by atoms with Crippen molar-refractivity contribution in [1.82, 2.24) is 0 Å². The monoisotopic (exact) mass is 343 g/mol. The van der Waals surface area contributed by atoms with Crippen LogP contribution < -0.4 is 4.43 Å². The Bertz CT molecular complexity index is 595. The van der Waals surface area contributed by atoms with Gasteiger partial charge < -0.3 is 4.43 Å². The molecule has 0 atom stereocenters. The number of allylic oxidation sites excluding steroid dienone is 2. The van der Waals surface area contributed by atoms with E-state index in [0.29, 0.717) is 0 Å². The first-order valence-corrected chi connectivity index (χ1v) is 11.8. The van der Waals surface area contributed by atoms with Gasteiger partial charge in [-0.05, 0) is 74.4 Å². The van der Waals surface area contributed by atoms with Gasteiger partial charge in [0.1, 0.15) is 5.75 Å². The maximum atomic E-state index is 8.47. The molecule has 0 saturated carbocycles. The molecule has 0 unspecified atom stereocenters. The number of nitriles is 1. The zero-order valence-electron chi connectivity index (χ0n) is 16.5. The molecule has 0 amide bonds. The molecular weight excluding hydrogens is 310 g/mol. The second-order valence-electron chi connectivity index (χ2n) is 8.20. The van der Waals surface area contributed by atoms with Gasteiger partial charge in [-0.15, -0.1) is 0 Å². The van der Waals surface area contributed by atoms with E-state index >= 15 is 0 Å². The summed E-state index contributed by atoms with van der Waals surface area (Å²) < 4.78 is 6.55. The third-order valence-electron chi connectivity index (χ3n) is 4.96. The Hall–Kier alpha value is -1.53. The Morgan fingerprint density at radius 3 is 2.21 bits per heavy atom. The molecule has 0 spiro atoms. The van der Waals surface area contributed by atoms with Crippen LogP contribution in [0.15, 0.2) is 24.3 Å². The highest BCUT2D eigenvalue weighted by Gasteiger charge is 2.39. The van der Waals surface area contributed by atoms with E-state index < -0.39 is 8.32 Å². The van der Waals surface area contributed by atoms with Crippen LogP contribution >= 0.6 is 0 Å². The van der Waals surface area contributed by atoms with Gasteiger partial charge in [0.25, 0.3) is 8.32 Å². The topological polar surface area (TPSA) is 33.0 Å². The fourth-order valence-electron chi connectivity index (χ4n) is 2.48. The number of rotatable bonds is 7. The number of nitrogens with zero attached hydrogens (tertiary/aromatic N) is 1. The van der Waals surface area contributed by atoms with Crippen LogP contribution in [0.1, 0.15) is 56.7 Å². The zero-order chi connectivity index (χ0) is 18.4. The van der Waals surface area contributed by atoms with Crippen LogP contribution in [0.2, 0.25) is 18.1 Å². The van der Waals surface area contributed by atoms with Gasteiger partial charge in [0.15, 0.2) is 0 Å². The van der Waals surface area contributed by atoms with E-state index in [4.69, 9.17) is 9.69 Å². The van der Waals surface area contributed by atoms with Gasteiger partial charge >= 0.3 is 0 Å². The Labute approximate surface area is 149 Å². The van der Waals surface area contributed by atoms with Crippen molar-refractivity contribution in [2.75, 3.05) is 0 Å². The van der Waals surface area contributed by atoms with Crippen LogP contribution in [0.4, 0.5) is 0 Å². The molecule has 0 bridgehead atoms. The van der Waals surface area contributed by atoms with Crippen LogP contribution in [0, 0.1) is 25.2 Å². The van der Waals surface area contributed by atoms with E-state index in [1.165, 1.54) is 16.7 Å². The molecule has 3 heteroatoms. The minimum atomic E-state index is -1.80. The van der Waals surface area contributed by atoms with Crippen LogP contribution in [0.5, 0.6) is 5.75 Å². The summed E-state index contributed by atoms with van der Waals surface area (Å²) in [7, 11) is -1.80. The van der Waals surface area contributed by atoms with E-state index in [0.717, 1.165) is 31.4 Å². The smallest absolute Gasteiger partial charge is 0.250 e. The highest BCUT2D eigenvalue weighted by atomic mass is 28.4. The molecular formula is C21H33NOSi. The lowest BCUT2D eigenvalue weighted by Gasteiger charge is -2.37. The molecule has 0 aliphatic carbocycles. The average molecular weight is 344 g/mol. The Balaban J connectivity index is 2.76.